The molecular formula is C23H29N3O2Si. The Morgan fingerprint density at radius 3 is 2.14 bits per heavy atom. The van der Waals surface area contributed by atoms with E-state index in [4.69, 9.17) is 8.84 Å². The molecule has 1 aromatic heterocycles. The number of nitrogens with one attached hydrogen (secondary N) is 1. The van der Waals surface area contributed by atoms with Gasteiger partial charge >= 0.3 is 0 Å². The van der Waals surface area contributed by atoms with Crippen LogP contribution in [0.3, 0.4) is 0 Å². The van der Waals surface area contributed by atoms with Crippen LogP contribution >= 0.6 is 0 Å². The van der Waals surface area contributed by atoms with Gasteiger partial charge in [0.25, 0.3) is 8.32 Å². The van der Waals surface area contributed by atoms with Gasteiger partial charge < -0.3 is 14.2 Å². The molecule has 0 saturated carbocycles. The van der Waals surface area contributed by atoms with Crippen molar-refractivity contribution in [1.82, 2.24) is 15.5 Å². The molecule has 0 amide bonds. The number of hydrogen-bond donors (Lipinski definition) is 1. The highest BCUT2D eigenvalue weighted by atomic mass is 28.4. The largest absolute Gasteiger partial charge is 0.421 e. The Kier molecular flexibility index (Phi) is 5.67. The highest BCUT2D eigenvalue weighted by Gasteiger charge is 2.50. The minimum atomic E-state index is -2.60. The molecule has 1 N–H and O–H groups in total. The molecule has 1 atom stereocenters. The summed E-state index contributed by atoms with van der Waals surface area (Å²) in [5.74, 6) is 1.21. The van der Waals surface area contributed by atoms with Crippen LogP contribution in [-0.4, -0.2) is 25.1 Å². The fourth-order valence-electron chi connectivity index (χ4n) is 4.29. The Labute approximate surface area is 173 Å². The van der Waals surface area contributed by atoms with Gasteiger partial charge in [-0.3, -0.25) is 0 Å². The van der Waals surface area contributed by atoms with Crippen molar-refractivity contribution in [2.75, 3.05) is 6.54 Å². The summed E-state index contributed by atoms with van der Waals surface area (Å²) in [6.45, 7) is 8.11. The van der Waals surface area contributed by atoms with Crippen molar-refractivity contribution >= 4 is 18.7 Å². The molecule has 2 aromatic carbocycles. The van der Waals surface area contributed by atoms with Crippen molar-refractivity contribution in [3.05, 3.63) is 72.4 Å². The van der Waals surface area contributed by atoms with Crippen LogP contribution in [0, 0.1) is 0 Å². The molecular weight excluding hydrogens is 378 g/mol. The number of hydrogen-bond acceptors (Lipinski definition) is 5. The summed E-state index contributed by atoms with van der Waals surface area (Å²) in [7, 11) is -2.60. The molecule has 5 nitrogen and oxygen atoms in total. The highest BCUT2D eigenvalue weighted by Crippen LogP contribution is 2.37. The molecule has 1 saturated heterocycles. The Bertz CT molecular complexity index is 877. The standard InChI is InChI=1S/C23H29N3O2Si/c1-23(2,3)29(18-11-6-4-7-12-18,19-13-8-5-9-14-19)27-17-21-25-26-22(28-21)20-15-10-16-24-20/h4-9,11-14,20,24H,10,15-17H2,1-3H3/t20-/m0/s1. The number of nitrogens with zero attached hydrogens (tertiary/aromatic N) is 2. The summed E-state index contributed by atoms with van der Waals surface area (Å²) in [5.41, 5.74) is 0. The van der Waals surface area contributed by atoms with Gasteiger partial charge in [0.15, 0.2) is 0 Å². The summed E-state index contributed by atoms with van der Waals surface area (Å²) in [6, 6.07) is 21.4. The molecule has 3 aromatic rings. The molecule has 1 aliphatic rings. The lowest BCUT2D eigenvalue weighted by Gasteiger charge is -2.42. The third kappa shape index (κ3) is 3.92. The second-order valence-electron chi connectivity index (χ2n) is 8.63. The van der Waals surface area contributed by atoms with E-state index in [1.54, 1.807) is 0 Å². The van der Waals surface area contributed by atoms with E-state index in [-0.39, 0.29) is 11.1 Å². The maximum atomic E-state index is 6.85. The molecule has 1 aliphatic heterocycles. The fraction of sp³-hybridized carbons (Fsp3) is 0.391. The summed E-state index contributed by atoms with van der Waals surface area (Å²) in [5, 5.41) is 14.4. The normalized spacial score (nSPS) is 17.6. The number of rotatable bonds is 6. The highest BCUT2D eigenvalue weighted by molar-refractivity contribution is 6.99. The Balaban J connectivity index is 1.69. The van der Waals surface area contributed by atoms with Crippen LogP contribution in [0.15, 0.2) is 65.1 Å². The van der Waals surface area contributed by atoms with Crippen molar-refractivity contribution in [2.45, 2.75) is 51.3 Å². The lowest BCUT2D eigenvalue weighted by atomic mass is 10.2. The third-order valence-corrected chi connectivity index (χ3v) is 10.7. The first-order valence-corrected chi connectivity index (χ1v) is 12.2. The summed E-state index contributed by atoms with van der Waals surface area (Å²) in [6.07, 6.45) is 2.18. The Hall–Kier alpha value is -2.28. The average molecular weight is 408 g/mol. The van der Waals surface area contributed by atoms with E-state index in [2.05, 4.69) is 96.9 Å². The predicted octanol–water partition coefficient (Wildman–Crippen LogP) is 3.57. The summed E-state index contributed by atoms with van der Waals surface area (Å²) in [4.78, 5) is 0. The maximum Gasteiger partial charge on any atom is 0.261 e. The van der Waals surface area contributed by atoms with Gasteiger partial charge in [0.1, 0.15) is 6.61 Å². The quantitative estimate of drug-likeness (QED) is 0.633. The van der Waals surface area contributed by atoms with Crippen molar-refractivity contribution in [3.8, 4) is 0 Å². The predicted molar refractivity (Wildman–Crippen MR) is 117 cm³/mol. The number of benzene rings is 2. The van der Waals surface area contributed by atoms with E-state index < -0.39 is 8.32 Å². The van der Waals surface area contributed by atoms with Gasteiger partial charge in [0.2, 0.25) is 11.8 Å². The number of aromatic nitrogens is 2. The molecule has 0 radical (unpaired) electrons. The molecule has 6 heteroatoms. The van der Waals surface area contributed by atoms with E-state index in [1.807, 2.05) is 0 Å². The topological polar surface area (TPSA) is 60.2 Å². The molecule has 29 heavy (non-hydrogen) atoms. The molecule has 0 aliphatic carbocycles. The molecule has 1 fully saturated rings. The minimum Gasteiger partial charge on any atom is -0.421 e. The summed E-state index contributed by atoms with van der Waals surface area (Å²) >= 11 is 0. The fourth-order valence-corrected chi connectivity index (χ4v) is 8.79. The first kappa shape index (κ1) is 20.0. The maximum absolute atomic E-state index is 6.85. The zero-order valence-electron chi connectivity index (χ0n) is 17.4. The van der Waals surface area contributed by atoms with Gasteiger partial charge in [-0.25, -0.2) is 0 Å². The smallest absolute Gasteiger partial charge is 0.261 e. The van der Waals surface area contributed by atoms with E-state index in [0.717, 1.165) is 19.4 Å². The van der Waals surface area contributed by atoms with Gasteiger partial charge in [0, 0.05) is 0 Å². The van der Waals surface area contributed by atoms with Gasteiger partial charge in [-0.05, 0) is 34.8 Å². The van der Waals surface area contributed by atoms with Crippen LogP contribution in [-0.2, 0) is 11.0 Å². The molecule has 2 heterocycles. The van der Waals surface area contributed by atoms with Crippen LogP contribution in [0.4, 0.5) is 0 Å². The second-order valence-corrected chi connectivity index (χ2v) is 12.9. The first-order chi connectivity index (χ1) is 14.0. The van der Waals surface area contributed by atoms with Crippen LogP contribution in [0.1, 0.15) is 51.4 Å². The first-order valence-electron chi connectivity index (χ1n) is 10.3. The van der Waals surface area contributed by atoms with Crippen LogP contribution in [0.2, 0.25) is 5.04 Å². The van der Waals surface area contributed by atoms with Crippen LogP contribution in [0.25, 0.3) is 0 Å². The summed E-state index contributed by atoms with van der Waals surface area (Å²) < 4.78 is 12.8. The lowest BCUT2D eigenvalue weighted by molar-refractivity contribution is 0.241. The van der Waals surface area contributed by atoms with E-state index in [1.165, 1.54) is 10.4 Å². The molecule has 0 bridgehead atoms. The zero-order valence-corrected chi connectivity index (χ0v) is 18.4. The Morgan fingerprint density at radius 2 is 1.62 bits per heavy atom. The van der Waals surface area contributed by atoms with Gasteiger partial charge in [-0.2, -0.15) is 0 Å². The van der Waals surface area contributed by atoms with Crippen molar-refractivity contribution < 1.29 is 8.84 Å². The zero-order chi connectivity index (χ0) is 20.3. The molecule has 0 spiro atoms. The SMILES string of the molecule is CC(C)(C)[Si](OCc1nnc([C@@H]2CCCN2)o1)(c1ccccc1)c1ccccc1. The monoisotopic (exact) mass is 407 g/mol. The van der Waals surface area contributed by atoms with E-state index in [9.17, 15) is 0 Å². The van der Waals surface area contributed by atoms with E-state index >= 15 is 0 Å². The molecule has 4 rings (SSSR count). The Morgan fingerprint density at radius 1 is 1.00 bits per heavy atom. The second kappa shape index (κ2) is 8.22. The van der Waals surface area contributed by atoms with Crippen molar-refractivity contribution in [3.63, 3.8) is 0 Å². The van der Waals surface area contributed by atoms with E-state index in [0.29, 0.717) is 18.4 Å². The average Bonchev–Trinajstić information content (AvgIpc) is 3.41. The van der Waals surface area contributed by atoms with Crippen molar-refractivity contribution in [2.24, 2.45) is 0 Å². The van der Waals surface area contributed by atoms with Crippen LogP contribution in [0.5, 0.6) is 0 Å². The molecule has 152 valence electrons. The van der Waals surface area contributed by atoms with Crippen LogP contribution < -0.4 is 15.7 Å². The molecule has 0 unspecified atom stereocenters. The lowest BCUT2D eigenvalue weighted by Crippen LogP contribution is -2.66. The minimum absolute atomic E-state index is 0.0778. The van der Waals surface area contributed by atoms with Gasteiger partial charge in [-0.15, -0.1) is 10.2 Å². The van der Waals surface area contributed by atoms with Crippen molar-refractivity contribution in [1.29, 1.82) is 0 Å². The third-order valence-electron chi connectivity index (χ3n) is 5.67. The van der Waals surface area contributed by atoms with Gasteiger partial charge in [-0.1, -0.05) is 81.4 Å². The van der Waals surface area contributed by atoms with Gasteiger partial charge in [0.05, 0.1) is 6.04 Å².